The molecule has 1 N–H and O–H groups in total. The van der Waals surface area contributed by atoms with Crippen molar-refractivity contribution in [2.24, 2.45) is 10.8 Å². The van der Waals surface area contributed by atoms with Gasteiger partial charge < -0.3 is 10.1 Å². The van der Waals surface area contributed by atoms with Crippen LogP contribution in [0.25, 0.3) is 0 Å². The van der Waals surface area contributed by atoms with Crippen LogP contribution in [0.4, 0.5) is 0 Å². The number of hydrogen-bond donors (Lipinski definition) is 1. The standard InChI is InChI=1S/C17H31NO2/c1-8-14(3)18-11-10-16(4,5)12-17(6,7)13-20-15(19)9-2/h8-9,18H,2,10-13H2,1,3-7H3/b14-8+. The van der Waals surface area contributed by atoms with Gasteiger partial charge in [-0.25, -0.2) is 4.79 Å². The molecule has 0 aromatic rings. The first-order chi connectivity index (χ1) is 9.12. The molecule has 0 fully saturated rings. The number of ether oxygens (including phenoxy) is 1. The van der Waals surface area contributed by atoms with Crippen molar-refractivity contribution in [3.05, 3.63) is 24.4 Å². The number of esters is 1. The van der Waals surface area contributed by atoms with Crippen LogP contribution >= 0.6 is 0 Å². The molecular formula is C17H31NO2. The predicted molar refractivity (Wildman–Crippen MR) is 85.4 cm³/mol. The molecule has 3 nitrogen and oxygen atoms in total. The third-order valence-electron chi connectivity index (χ3n) is 3.37. The lowest BCUT2D eigenvalue weighted by Gasteiger charge is -2.34. The Labute approximate surface area is 124 Å². The quantitative estimate of drug-likeness (QED) is 0.511. The third kappa shape index (κ3) is 8.78. The summed E-state index contributed by atoms with van der Waals surface area (Å²) >= 11 is 0. The molecule has 3 heteroatoms. The van der Waals surface area contributed by atoms with Gasteiger partial charge in [-0.05, 0) is 37.5 Å². The molecule has 0 aromatic carbocycles. The summed E-state index contributed by atoms with van der Waals surface area (Å²) in [6.07, 6.45) is 5.37. The maximum Gasteiger partial charge on any atom is 0.330 e. The van der Waals surface area contributed by atoms with Crippen LogP contribution in [-0.4, -0.2) is 19.1 Å². The van der Waals surface area contributed by atoms with Crippen LogP contribution in [0, 0.1) is 10.8 Å². The minimum Gasteiger partial charge on any atom is -0.462 e. The summed E-state index contributed by atoms with van der Waals surface area (Å²) in [5.41, 5.74) is 1.38. The average Bonchev–Trinajstić information content (AvgIpc) is 2.34. The SMILES string of the molecule is C=CC(=O)OCC(C)(C)CC(C)(C)CCN/C(C)=C/C. The van der Waals surface area contributed by atoms with Crippen molar-refractivity contribution in [3.63, 3.8) is 0 Å². The first-order valence-corrected chi connectivity index (χ1v) is 7.28. The van der Waals surface area contributed by atoms with Gasteiger partial charge in [-0.1, -0.05) is 40.3 Å². The molecule has 116 valence electrons. The fourth-order valence-electron chi connectivity index (χ4n) is 2.46. The summed E-state index contributed by atoms with van der Waals surface area (Å²) in [7, 11) is 0. The van der Waals surface area contributed by atoms with Crippen molar-refractivity contribution in [1.29, 1.82) is 0 Å². The molecule has 0 bridgehead atoms. The molecule has 0 atom stereocenters. The Bertz CT molecular complexity index is 354. The molecule has 0 amide bonds. The first kappa shape index (κ1) is 18.8. The Morgan fingerprint density at radius 3 is 2.35 bits per heavy atom. The van der Waals surface area contributed by atoms with E-state index in [9.17, 15) is 4.79 Å². The largest absolute Gasteiger partial charge is 0.462 e. The first-order valence-electron chi connectivity index (χ1n) is 7.28. The monoisotopic (exact) mass is 281 g/mol. The molecule has 0 unspecified atom stereocenters. The maximum absolute atomic E-state index is 11.1. The zero-order valence-corrected chi connectivity index (χ0v) is 14.0. The Morgan fingerprint density at radius 1 is 1.25 bits per heavy atom. The number of hydrogen-bond acceptors (Lipinski definition) is 3. The van der Waals surface area contributed by atoms with E-state index in [0.29, 0.717) is 6.61 Å². The third-order valence-corrected chi connectivity index (χ3v) is 3.37. The molecular weight excluding hydrogens is 250 g/mol. The van der Waals surface area contributed by atoms with E-state index in [1.54, 1.807) is 0 Å². The molecule has 0 aliphatic rings. The molecule has 0 spiro atoms. The maximum atomic E-state index is 11.1. The summed E-state index contributed by atoms with van der Waals surface area (Å²) < 4.78 is 5.18. The molecule has 20 heavy (non-hydrogen) atoms. The number of rotatable bonds is 9. The minimum atomic E-state index is -0.346. The molecule has 0 radical (unpaired) electrons. The van der Waals surface area contributed by atoms with Crippen molar-refractivity contribution in [2.45, 2.75) is 54.4 Å². The predicted octanol–water partition coefficient (Wildman–Crippen LogP) is 4.06. The number of carbonyl (C=O) groups excluding carboxylic acids is 1. The highest BCUT2D eigenvalue weighted by Gasteiger charge is 2.29. The van der Waals surface area contributed by atoms with E-state index in [1.807, 2.05) is 6.92 Å². The topological polar surface area (TPSA) is 38.3 Å². The lowest BCUT2D eigenvalue weighted by atomic mass is 9.74. The van der Waals surface area contributed by atoms with E-state index in [4.69, 9.17) is 4.74 Å². The van der Waals surface area contributed by atoms with Crippen LogP contribution in [-0.2, 0) is 9.53 Å². The van der Waals surface area contributed by atoms with Crippen LogP contribution in [0.2, 0.25) is 0 Å². The second-order valence-corrected chi connectivity index (χ2v) is 6.97. The molecule has 0 aliphatic heterocycles. The van der Waals surface area contributed by atoms with Crippen molar-refractivity contribution in [3.8, 4) is 0 Å². The Hall–Kier alpha value is -1.25. The van der Waals surface area contributed by atoms with E-state index in [-0.39, 0.29) is 16.8 Å². The highest BCUT2D eigenvalue weighted by molar-refractivity contribution is 5.81. The lowest BCUT2D eigenvalue weighted by Crippen LogP contribution is -2.30. The summed E-state index contributed by atoms with van der Waals surface area (Å²) in [6.45, 7) is 17.7. The van der Waals surface area contributed by atoms with Gasteiger partial charge in [0.1, 0.15) is 0 Å². The highest BCUT2D eigenvalue weighted by Crippen LogP contribution is 2.36. The number of carbonyl (C=O) groups is 1. The summed E-state index contributed by atoms with van der Waals surface area (Å²) in [4.78, 5) is 11.1. The second kappa shape index (κ2) is 8.13. The van der Waals surface area contributed by atoms with Gasteiger partial charge in [-0.15, -0.1) is 0 Å². The smallest absolute Gasteiger partial charge is 0.330 e. The van der Waals surface area contributed by atoms with Gasteiger partial charge in [0, 0.05) is 18.3 Å². The fourth-order valence-corrected chi connectivity index (χ4v) is 2.46. The second-order valence-electron chi connectivity index (χ2n) is 6.97. The molecule has 0 rings (SSSR count). The molecule has 0 saturated carbocycles. The Kier molecular flexibility index (Phi) is 7.62. The minimum absolute atomic E-state index is 0.0300. The van der Waals surface area contributed by atoms with Crippen LogP contribution in [0.3, 0.4) is 0 Å². The highest BCUT2D eigenvalue weighted by atomic mass is 16.5. The average molecular weight is 281 g/mol. The van der Waals surface area contributed by atoms with Crippen molar-refractivity contribution in [2.75, 3.05) is 13.2 Å². The zero-order valence-electron chi connectivity index (χ0n) is 14.0. The zero-order chi connectivity index (χ0) is 15.8. The van der Waals surface area contributed by atoms with E-state index >= 15 is 0 Å². The summed E-state index contributed by atoms with van der Waals surface area (Å²) in [6, 6.07) is 0. The lowest BCUT2D eigenvalue weighted by molar-refractivity contribution is -0.141. The van der Waals surface area contributed by atoms with Gasteiger partial charge in [0.25, 0.3) is 0 Å². The Morgan fingerprint density at radius 2 is 1.85 bits per heavy atom. The molecule has 0 saturated heterocycles. The molecule has 0 aliphatic carbocycles. The van der Waals surface area contributed by atoms with Crippen molar-refractivity contribution in [1.82, 2.24) is 5.32 Å². The van der Waals surface area contributed by atoms with Gasteiger partial charge in [-0.3, -0.25) is 0 Å². The van der Waals surface area contributed by atoms with Crippen LogP contribution in [0.15, 0.2) is 24.4 Å². The normalized spacial score (nSPS) is 13.0. The van der Waals surface area contributed by atoms with Crippen molar-refractivity contribution >= 4 is 5.97 Å². The Balaban J connectivity index is 4.27. The summed E-state index contributed by atoms with van der Waals surface area (Å²) in [5.74, 6) is -0.346. The van der Waals surface area contributed by atoms with Gasteiger partial charge in [0.05, 0.1) is 6.61 Å². The van der Waals surface area contributed by atoms with Crippen LogP contribution < -0.4 is 5.32 Å². The van der Waals surface area contributed by atoms with Gasteiger partial charge in [0.2, 0.25) is 0 Å². The summed E-state index contributed by atoms with van der Waals surface area (Å²) in [5, 5.41) is 3.40. The fraction of sp³-hybridized carbons (Fsp3) is 0.706. The van der Waals surface area contributed by atoms with Crippen LogP contribution in [0.5, 0.6) is 0 Å². The van der Waals surface area contributed by atoms with E-state index < -0.39 is 0 Å². The van der Waals surface area contributed by atoms with Gasteiger partial charge >= 0.3 is 5.97 Å². The van der Waals surface area contributed by atoms with E-state index in [0.717, 1.165) is 19.4 Å². The van der Waals surface area contributed by atoms with E-state index in [1.165, 1.54) is 11.8 Å². The van der Waals surface area contributed by atoms with Gasteiger partial charge in [0.15, 0.2) is 0 Å². The molecule has 0 aromatic heterocycles. The number of nitrogens with one attached hydrogen (secondary N) is 1. The van der Waals surface area contributed by atoms with Crippen LogP contribution in [0.1, 0.15) is 54.4 Å². The van der Waals surface area contributed by atoms with Crippen molar-refractivity contribution < 1.29 is 9.53 Å². The molecule has 0 heterocycles. The van der Waals surface area contributed by atoms with E-state index in [2.05, 4.69) is 52.6 Å². The number of allylic oxidation sites excluding steroid dienone is 2. The van der Waals surface area contributed by atoms with Gasteiger partial charge in [-0.2, -0.15) is 0 Å².